The second kappa shape index (κ2) is 8.43. The van der Waals surface area contributed by atoms with Crippen LogP contribution in [0.2, 0.25) is 0 Å². The average molecular weight is 387 g/mol. The number of anilines is 3. The maximum absolute atomic E-state index is 13.8. The lowest BCUT2D eigenvalue weighted by molar-refractivity contribution is 0.102. The minimum absolute atomic E-state index is 0.101. The van der Waals surface area contributed by atoms with Crippen molar-refractivity contribution < 1.29 is 22.7 Å². The van der Waals surface area contributed by atoms with Gasteiger partial charge < -0.3 is 15.4 Å². The molecule has 3 aromatic rings. The molecule has 1 aromatic heterocycles. The van der Waals surface area contributed by atoms with Gasteiger partial charge in [-0.2, -0.15) is 0 Å². The summed E-state index contributed by atoms with van der Waals surface area (Å²) >= 11 is 0. The van der Waals surface area contributed by atoms with Gasteiger partial charge in [0.2, 0.25) is 0 Å². The first-order valence-electron chi connectivity index (χ1n) is 8.38. The number of hydrogen-bond acceptors (Lipinski definition) is 4. The van der Waals surface area contributed by atoms with E-state index in [4.69, 9.17) is 4.74 Å². The van der Waals surface area contributed by atoms with Gasteiger partial charge in [-0.15, -0.1) is 0 Å². The van der Waals surface area contributed by atoms with Crippen molar-refractivity contribution in [3.63, 3.8) is 0 Å². The van der Waals surface area contributed by atoms with E-state index < -0.39 is 23.4 Å². The van der Waals surface area contributed by atoms with E-state index >= 15 is 0 Å². The molecule has 0 radical (unpaired) electrons. The van der Waals surface area contributed by atoms with Gasteiger partial charge in [-0.05, 0) is 55.5 Å². The van der Waals surface area contributed by atoms with E-state index in [1.54, 1.807) is 24.3 Å². The molecular weight excluding hydrogens is 371 g/mol. The number of halogens is 3. The Hall–Kier alpha value is -3.55. The molecule has 0 spiro atoms. The highest BCUT2D eigenvalue weighted by Crippen LogP contribution is 2.23. The summed E-state index contributed by atoms with van der Waals surface area (Å²) in [5.74, 6) is -3.88. The molecule has 0 saturated heterocycles. The third kappa shape index (κ3) is 4.40. The number of benzene rings is 2. The summed E-state index contributed by atoms with van der Waals surface area (Å²) in [7, 11) is 0. The van der Waals surface area contributed by atoms with Crippen molar-refractivity contribution in [3.8, 4) is 5.75 Å². The SMILES string of the molecule is CCOc1ccc(NC(=O)c2ccnc(Nc3ccc(F)c(F)c3F)c2)cc1. The number of nitrogens with one attached hydrogen (secondary N) is 2. The van der Waals surface area contributed by atoms with E-state index in [0.29, 0.717) is 18.0 Å². The fourth-order valence-corrected chi connectivity index (χ4v) is 2.40. The van der Waals surface area contributed by atoms with Crippen molar-refractivity contribution in [3.05, 3.63) is 77.7 Å². The molecule has 0 unspecified atom stereocenters. The van der Waals surface area contributed by atoms with Crippen molar-refractivity contribution >= 4 is 23.1 Å². The highest BCUT2D eigenvalue weighted by molar-refractivity contribution is 6.04. The van der Waals surface area contributed by atoms with E-state index in [0.717, 1.165) is 12.1 Å². The molecule has 0 aliphatic heterocycles. The quantitative estimate of drug-likeness (QED) is 0.591. The Balaban J connectivity index is 1.73. The highest BCUT2D eigenvalue weighted by atomic mass is 19.2. The molecule has 1 amide bonds. The van der Waals surface area contributed by atoms with Gasteiger partial charge in [0.05, 0.1) is 12.3 Å². The fraction of sp³-hybridized carbons (Fsp3) is 0.100. The lowest BCUT2D eigenvalue weighted by Crippen LogP contribution is -2.12. The third-order valence-electron chi connectivity index (χ3n) is 3.74. The van der Waals surface area contributed by atoms with Gasteiger partial charge in [0, 0.05) is 17.4 Å². The van der Waals surface area contributed by atoms with Crippen LogP contribution in [0.25, 0.3) is 0 Å². The molecule has 0 atom stereocenters. The van der Waals surface area contributed by atoms with E-state index in [2.05, 4.69) is 15.6 Å². The van der Waals surface area contributed by atoms with Gasteiger partial charge in [0.1, 0.15) is 11.6 Å². The van der Waals surface area contributed by atoms with Crippen molar-refractivity contribution in [2.75, 3.05) is 17.2 Å². The van der Waals surface area contributed by atoms with E-state index in [1.807, 2.05) is 6.92 Å². The predicted octanol–water partition coefficient (Wildman–Crippen LogP) is 4.89. The van der Waals surface area contributed by atoms with Crippen molar-refractivity contribution in [1.82, 2.24) is 4.98 Å². The van der Waals surface area contributed by atoms with Gasteiger partial charge in [0.15, 0.2) is 17.5 Å². The van der Waals surface area contributed by atoms with E-state index in [9.17, 15) is 18.0 Å². The molecule has 1 heterocycles. The van der Waals surface area contributed by atoms with Crippen LogP contribution >= 0.6 is 0 Å². The van der Waals surface area contributed by atoms with Crippen molar-refractivity contribution in [2.45, 2.75) is 6.92 Å². The van der Waals surface area contributed by atoms with Crippen molar-refractivity contribution in [1.29, 1.82) is 0 Å². The van der Waals surface area contributed by atoms with Crippen LogP contribution in [0.5, 0.6) is 5.75 Å². The zero-order chi connectivity index (χ0) is 20.1. The molecule has 0 aliphatic carbocycles. The number of nitrogens with zero attached hydrogens (tertiary/aromatic N) is 1. The number of rotatable bonds is 6. The Morgan fingerprint density at radius 1 is 1.04 bits per heavy atom. The van der Waals surface area contributed by atoms with Gasteiger partial charge in [-0.3, -0.25) is 4.79 Å². The summed E-state index contributed by atoms with van der Waals surface area (Å²) in [6.07, 6.45) is 1.34. The lowest BCUT2D eigenvalue weighted by Gasteiger charge is -2.10. The van der Waals surface area contributed by atoms with E-state index in [1.165, 1.54) is 18.3 Å². The fourth-order valence-electron chi connectivity index (χ4n) is 2.40. The second-order valence-corrected chi connectivity index (χ2v) is 5.69. The molecule has 8 heteroatoms. The molecule has 5 nitrogen and oxygen atoms in total. The number of aromatic nitrogens is 1. The molecule has 0 fully saturated rings. The Labute approximate surface area is 159 Å². The third-order valence-corrected chi connectivity index (χ3v) is 3.74. The van der Waals surface area contributed by atoms with Gasteiger partial charge in [-0.1, -0.05) is 0 Å². The van der Waals surface area contributed by atoms with Crippen LogP contribution < -0.4 is 15.4 Å². The van der Waals surface area contributed by atoms with Crippen LogP contribution in [-0.4, -0.2) is 17.5 Å². The molecule has 2 N–H and O–H groups in total. The van der Waals surface area contributed by atoms with Crippen LogP contribution in [0.4, 0.5) is 30.4 Å². The highest BCUT2D eigenvalue weighted by Gasteiger charge is 2.14. The summed E-state index contributed by atoms with van der Waals surface area (Å²) in [6.45, 7) is 2.41. The van der Waals surface area contributed by atoms with Crippen molar-refractivity contribution in [2.24, 2.45) is 0 Å². The first kappa shape index (κ1) is 19.2. The second-order valence-electron chi connectivity index (χ2n) is 5.69. The zero-order valence-corrected chi connectivity index (χ0v) is 14.8. The Morgan fingerprint density at radius 3 is 2.50 bits per heavy atom. The van der Waals surface area contributed by atoms with Gasteiger partial charge in [0.25, 0.3) is 5.91 Å². The number of hydrogen-bond donors (Lipinski definition) is 2. The summed E-state index contributed by atoms with van der Waals surface area (Å²) in [4.78, 5) is 16.4. The number of ether oxygens (including phenoxy) is 1. The number of carbonyl (C=O) groups excluding carboxylic acids is 1. The van der Waals surface area contributed by atoms with Gasteiger partial charge >= 0.3 is 0 Å². The van der Waals surface area contributed by atoms with Crippen LogP contribution in [-0.2, 0) is 0 Å². The molecular formula is C20H16F3N3O2. The summed E-state index contributed by atoms with van der Waals surface area (Å²) in [5.41, 5.74) is 0.510. The Morgan fingerprint density at radius 2 is 1.79 bits per heavy atom. The maximum atomic E-state index is 13.8. The number of pyridine rings is 1. The molecule has 3 rings (SSSR count). The Bertz CT molecular complexity index is 994. The first-order valence-corrected chi connectivity index (χ1v) is 8.38. The average Bonchev–Trinajstić information content (AvgIpc) is 2.70. The van der Waals surface area contributed by atoms with Crippen LogP contribution in [0.15, 0.2) is 54.7 Å². The topological polar surface area (TPSA) is 63.2 Å². The molecule has 28 heavy (non-hydrogen) atoms. The molecule has 144 valence electrons. The minimum Gasteiger partial charge on any atom is -0.494 e. The maximum Gasteiger partial charge on any atom is 0.255 e. The summed E-state index contributed by atoms with van der Waals surface area (Å²) in [5, 5.41) is 5.24. The van der Waals surface area contributed by atoms with Crippen LogP contribution in [0.1, 0.15) is 17.3 Å². The van der Waals surface area contributed by atoms with Crippen LogP contribution in [0.3, 0.4) is 0 Å². The lowest BCUT2D eigenvalue weighted by atomic mass is 10.2. The van der Waals surface area contributed by atoms with Gasteiger partial charge in [-0.25, -0.2) is 18.2 Å². The normalized spacial score (nSPS) is 10.4. The number of carbonyl (C=O) groups is 1. The zero-order valence-electron chi connectivity index (χ0n) is 14.8. The van der Waals surface area contributed by atoms with Crippen LogP contribution in [0, 0.1) is 17.5 Å². The standard InChI is InChI=1S/C20H16F3N3O2/c1-2-28-14-5-3-13(4-6-14)25-20(27)12-9-10-24-17(11-12)26-16-8-7-15(21)18(22)19(16)23/h3-11H,2H2,1H3,(H,24,26)(H,25,27). The molecule has 0 aliphatic rings. The monoisotopic (exact) mass is 387 g/mol. The van der Waals surface area contributed by atoms with E-state index in [-0.39, 0.29) is 17.1 Å². The first-order chi connectivity index (χ1) is 13.5. The predicted molar refractivity (Wildman–Crippen MR) is 99.4 cm³/mol. The summed E-state index contributed by atoms with van der Waals surface area (Å²) < 4.78 is 45.5. The smallest absolute Gasteiger partial charge is 0.255 e. The Kier molecular flexibility index (Phi) is 5.78. The number of amides is 1. The largest absolute Gasteiger partial charge is 0.494 e. The molecule has 2 aromatic carbocycles. The molecule has 0 saturated carbocycles. The molecule has 0 bridgehead atoms. The minimum atomic E-state index is -1.59. The summed E-state index contributed by atoms with van der Waals surface area (Å²) in [6, 6.07) is 11.5.